The zero-order valence-corrected chi connectivity index (χ0v) is 20.6. The fourth-order valence-electron chi connectivity index (χ4n) is 4.42. The van der Waals surface area contributed by atoms with Crippen LogP contribution in [-0.2, 0) is 6.54 Å². The van der Waals surface area contributed by atoms with Crippen LogP contribution in [0.4, 0.5) is 4.79 Å². The van der Waals surface area contributed by atoms with Gasteiger partial charge in [0.05, 0.1) is 24.8 Å². The van der Waals surface area contributed by atoms with Gasteiger partial charge in [-0.1, -0.05) is 71.4 Å². The van der Waals surface area contributed by atoms with Crippen molar-refractivity contribution in [3.63, 3.8) is 0 Å². The molecule has 1 unspecified atom stereocenters. The van der Waals surface area contributed by atoms with Crippen LogP contribution >= 0.6 is 0 Å². The number of aryl methyl sites for hydroxylation is 1. The summed E-state index contributed by atoms with van der Waals surface area (Å²) >= 11 is 0. The van der Waals surface area contributed by atoms with Crippen LogP contribution in [0.1, 0.15) is 42.5 Å². The maximum Gasteiger partial charge on any atom is 0.322 e. The molecule has 0 aliphatic carbocycles. The van der Waals surface area contributed by atoms with E-state index in [0.29, 0.717) is 24.9 Å². The molecule has 2 amide bonds. The number of hydrogen-bond acceptors (Lipinski definition) is 5. The average molecular weight is 481 g/mol. The third kappa shape index (κ3) is 4.73. The summed E-state index contributed by atoms with van der Waals surface area (Å²) in [7, 11) is 0. The van der Waals surface area contributed by atoms with Crippen molar-refractivity contribution in [2.45, 2.75) is 33.4 Å². The zero-order valence-electron chi connectivity index (χ0n) is 20.6. The lowest BCUT2D eigenvalue weighted by atomic mass is 9.94. The molecule has 0 saturated carbocycles. The molecule has 1 atom stereocenters. The number of benzene rings is 3. The monoisotopic (exact) mass is 480 g/mol. The largest absolute Gasteiger partial charge is 0.494 e. The SMILES string of the molecule is CCOc1ccc(C2NC(=O)N(Cc3ccccc3)C(C)=C2c2nc(-c3cccc(C)c3)no2)cc1. The molecule has 0 fully saturated rings. The predicted molar refractivity (Wildman–Crippen MR) is 138 cm³/mol. The van der Waals surface area contributed by atoms with Crippen LogP contribution in [0.2, 0.25) is 0 Å². The number of ether oxygens (including phenoxy) is 1. The van der Waals surface area contributed by atoms with Crippen LogP contribution in [0.5, 0.6) is 5.75 Å². The first kappa shape index (κ1) is 23.4. The second-order valence-corrected chi connectivity index (χ2v) is 8.75. The highest BCUT2D eigenvalue weighted by molar-refractivity contribution is 5.87. The smallest absolute Gasteiger partial charge is 0.322 e. The summed E-state index contributed by atoms with van der Waals surface area (Å²) in [6, 6.07) is 24.9. The lowest BCUT2D eigenvalue weighted by Gasteiger charge is -2.35. The molecular weight excluding hydrogens is 452 g/mol. The first-order valence-electron chi connectivity index (χ1n) is 12.0. The van der Waals surface area contributed by atoms with Crippen molar-refractivity contribution in [3.05, 3.63) is 107 Å². The molecule has 0 radical (unpaired) electrons. The Labute approximate surface area is 210 Å². The van der Waals surface area contributed by atoms with Gasteiger partial charge in [0.1, 0.15) is 5.75 Å². The van der Waals surface area contributed by atoms with Gasteiger partial charge < -0.3 is 14.6 Å². The van der Waals surface area contributed by atoms with Gasteiger partial charge in [-0.3, -0.25) is 4.90 Å². The molecule has 5 rings (SSSR count). The number of nitrogens with one attached hydrogen (secondary N) is 1. The lowest BCUT2D eigenvalue weighted by Crippen LogP contribution is -2.45. The Hall–Kier alpha value is -4.39. The molecule has 0 bridgehead atoms. The van der Waals surface area contributed by atoms with Crippen LogP contribution < -0.4 is 10.1 Å². The van der Waals surface area contributed by atoms with Gasteiger partial charge in [-0.05, 0) is 50.1 Å². The molecule has 2 heterocycles. The van der Waals surface area contributed by atoms with Gasteiger partial charge in [-0.15, -0.1) is 0 Å². The van der Waals surface area contributed by atoms with E-state index in [1.165, 1.54) is 0 Å². The Morgan fingerprint density at radius 3 is 2.50 bits per heavy atom. The van der Waals surface area contributed by atoms with E-state index >= 15 is 0 Å². The molecule has 182 valence electrons. The third-order valence-electron chi connectivity index (χ3n) is 6.24. The van der Waals surface area contributed by atoms with E-state index in [0.717, 1.165) is 39.3 Å². The second kappa shape index (κ2) is 10.1. The van der Waals surface area contributed by atoms with Gasteiger partial charge in [0.25, 0.3) is 5.89 Å². The molecule has 1 aliphatic heterocycles. The topological polar surface area (TPSA) is 80.5 Å². The molecule has 4 aromatic rings. The van der Waals surface area contributed by atoms with E-state index in [9.17, 15) is 4.79 Å². The molecule has 7 heteroatoms. The second-order valence-electron chi connectivity index (χ2n) is 8.75. The molecular formula is C29H28N4O3. The van der Waals surface area contributed by atoms with Crippen molar-refractivity contribution >= 4 is 11.6 Å². The summed E-state index contributed by atoms with van der Waals surface area (Å²) in [6.45, 7) is 6.91. The first-order valence-corrected chi connectivity index (χ1v) is 12.0. The fraction of sp³-hybridized carbons (Fsp3) is 0.207. The van der Waals surface area contributed by atoms with E-state index in [2.05, 4.69) is 10.5 Å². The van der Waals surface area contributed by atoms with Crippen molar-refractivity contribution in [3.8, 4) is 17.1 Å². The summed E-state index contributed by atoms with van der Waals surface area (Å²) in [6.07, 6.45) is 0. The molecule has 1 aliphatic rings. The maximum atomic E-state index is 13.3. The number of urea groups is 1. The number of hydrogen-bond donors (Lipinski definition) is 1. The van der Waals surface area contributed by atoms with Crippen molar-refractivity contribution in [2.75, 3.05) is 6.61 Å². The summed E-state index contributed by atoms with van der Waals surface area (Å²) in [5, 5.41) is 7.41. The molecule has 0 saturated heterocycles. The number of carbonyl (C=O) groups is 1. The van der Waals surface area contributed by atoms with Gasteiger partial charge >= 0.3 is 6.03 Å². The van der Waals surface area contributed by atoms with Crippen molar-refractivity contribution in [1.82, 2.24) is 20.4 Å². The predicted octanol–water partition coefficient (Wildman–Crippen LogP) is 6.14. The van der Waals surface area contributed by atoms with Crippen LogP contribution in [-0.4, -0.2) is 27.7 Å². The molecule has 1 N–H and O–H groups in total. The number of carbonyl (C=O) groups excluding carboxylic acids is 1. The van der Waals surface area contributed by atoms with Gasteiger partial charge in [0.2, 0.25) is 5.82 Å². The van der Waals surface area contributed by atoms with Gasteiger partial charge in [-0.25, -0.2) is 4.79 Å². The van der Waals surface area contributed by atoms with Crippen molar-refractivity contribution in [1.29, 1.82) is 0 Å². The normalized spacial score (nSPS) is 15.7. The standard InChI is InChI=1S/C29H28N4O3/c1-4-35-24-15-13-22(14-16-24)26-25(28-31-27(32-36-28)23-12-8-9-19(2)17-23)20(3)33(29(34)30-26)18-21-10-6-5-7-11-21/h5-17,26H,4,18H2,1-3H3,(H,30,34). The Bertz CT molecular complexity index is 1390. The number of allylic oxidation sites excluding steroid dienone is 1. The Morgan fingerprint density at radius 2 is 1.78 bits per heavy atom. The number of nitrogens with zero attached hydrogens (tertiary/aromatic N) is 3. The summed E-state index contributed by atoms with van der Waals surface area (Å²) in [4.78, 5) is 19.8. The van der Waals surface area contributed by atoms with Crippen LogP contribution in [0.15, 0.2) is 89.1 Å². The molecule has 1 aromatic heterocycles. The molecule has 0 spiro atoms. The Balaban J connectivity index is 1.58. The van der Waals surface area contributed by atoms with Gasteiger partial charge in [-0.2, -0.15) is 4.98 Å². The molecule has 36 heavy (non-hydrogen) atoms. The highest BCUT2D eigenvalue weighted by Crippen LogP contribution is 2.38. The summed E-state index contributed by atoms with van der Waals surface area (Å²) < 4.78 is 11.4. The number of rotatable bonds is 7. The number of amides is 2. The highest BCUT2D eigenvalue weighted by atomic mass is 16.5. The third-order valence-corrected chi connectivity index (χ3v) is 6.24. The van der Waals surface area contributed by atoms with E-state index in [1.807, 2.05) is 99.6 Å². The molecule has 3 aromatic carbocycles. The van der Waals surface area contributed by atoms with Gasteiger partial charge in [0.15, 0.2) is 0 Å². The van der Waals surface area contributed by atoms with Crippen LogP contribution in [0.25, 0.3) is 17.0 Å². The van der Waals surface area contributed by atoms with E-state index in [4.69, 9.17) is 14.2 Å². The number of aromatic nitrogens is 2. The Morgan fingerprint density at radius 1 is 1.00 bits per heavy atom. The summed E-state index contributed by atoms with van der Waals surface area (Å²) in [5.41, 5.74) is 5.44. The highest BCUT2D eigenvalue weighted by Gasteiger charge is 2.35. The van der Waals surface area contributed by atoms with Crippen molar-refractivity contribution in [2.24, 2.45) is 0 Å². The molecule has 7 nitrogen and oxygen atoms in total. The average Bonchev–Trinajstić information content (AvgIpc) is 3.37. The minimum Gasteiger partial charge on any atom is -0.494 e. The lowest BCUT2D eigenvalue weighted by molar-refractivity contribution is 0.203. The quantitative estimate of drug-likeness (QED) is 0.344. The van der Waals surface area contributed by atoms with E-state index in [1.54, 1.807) is 4.90 Å². The first-order chi connectivity index (χ1) is 17.5. The van der Waals surface area contributed by atoms with E-state index in [-0.39, 0.29) is 6.03 Å². The van der Waals surface area contributed by atoms with E-state index < -0.39 is 6.04 Å². The van der Waals surface area contributed by atoms with Crippen molar-refractivity contribution < 1.29 is 14.1 Å². The van der Waals surface area contributed by atoms with Crippen LogP contribution in [0, 0.1) is 6.92 Å². The Kier molecular flexibility index (Phi) is 6.54. The minimum absolute atomic E-state index is 0.183. The van der Waals surface area contributed by atoms with Gasteiger partial charge in [0, 0.05) is 11.3 Å². The van der Waals surface area contributed by atoms with Crippen LogP contribution in [0.3, 0.4) is 0 Å². The minimum atomic E-state index is -0.453. The fourth-order valence-corrected chi connectivity index (χ4v) is 4.42. The maximum absolute atomic E-state index is 13.3. The summed E-state index contributed by atoms with van der Waals surface area (Å²) in [5.74, 6) is 1.66. The zero-order chi connectivity index (χ0) is 25.1.